The van der Waals surface area contributed by atoms with Crippen LogP contribution in [0.15, 0.2) is 24.3 Å². The van der Waals surface area contributed by atoms with Crippen molar-refractivity contribution in [1.29, 1.82) is 0 Å². The summed E-state index contributed by atoms with van der Waals surface area (Å²) in [4.78, 5) is 0. The fourth-order valence-electron chi connectivity index (χ4n) is 0.819. The lowest BCUT2D eigenvalue weighted by Crippen LogP contribution is -2.01. The Morgan fingerprint density at radius 3 is 2.73 bits per heavy atom. The lowest BCUT2D eigenvalue weighted by molar-refractivity contribution is 0.0956. The fourth-order valence-corrected chi connectivity index (χ4v) is 1.02. The highest BCUT2D eigenvalue weighted by Gasteiger charge is 2.04. The lowest BCUT2D eigenvalue weighted by atomic mass is 10.1. The molecule has 1 unspecified atom stereocenters. The molecule has 0 radical (unpaired) electrons. The Morgan fingerprint density at radius 2 is 2.18 bits per heavy atom. The molecule has 0 saturated carbocycles. The van der Waals surface area contributed by atoms with E-state index < -0.39 is 6.10 Å². The molecule has 0 aliphatic carbocycles. The normalized spacial score (nSPS) is 13.0. The van der Waals surface area contributed by atoms with Crippen LogP contribution in [-0.4, -0.2) is 16.8 Å². The highest BCUT2D eigenvalue weighted by molar-refractivity contribution is 6.30. The lowest BCUT2D eigenvalue weighted by Gasteiger charge is -2.06. The molecule has 1 atom stereocenters. The first-order chi connectivity index (χ1) is 5.24. The zero-order valence-electron chi connectivity index (χ0n) is 5.87. The molecule has 0 aromatic heterocycles. The van der Waals surface area contributed by atoms with Gasteiger partial charge in [0.25, 0.3) is 0 Å². The van der Waals surface area contributed by atoms with Crippen LogP contribution in [0.1, 0.15) is 11.7 Å². The number of rotatable bonds is 2. The summed E-state index contributed by atoms with van der Waals surface area (Å²) in [5.74, 6) is 0. The largest absolute Gasteiger partial charge is 0.393 e. The van der Waals surface area contributed by atoms with Crippen LogP contribution in [0.5, 0.6) is 0 Å². The molecular weight excluding hydrogens is 164 g/mol. The summed E-state index contributed by atoms with van der Waals surface area (Å²) < 4.78 is 0. The Labute approximate surface area is 70.1 Å². The number of aliphatic hydroxyl groups excluding tert-OH is 2. The van der Waals surface area contributed by atoms with Crippen LogP contribution in [0, 0.1) is 0 Å². The Balaban J connectivity index is 2.86. The molecule has 1 aromatic rings. The first kappa shape index (κ1) is 8.53. The van der Waals surface area contributed by atoms with E-state index in [1.807, 2.05) is 0 Å². The second-order valence-electron chi connectivity index (χ2n) is 2.25. The van der Waals surface area contributed by atoms with Crippen LogP contribution in [0.3, 0.4) is 0 Å². The Bertz CT molecular complexity index is 237. The Kier molecular flexibility index (Phi) is 2.88. The van der Waals surface area contributed by atoms with E-state index in [4.69, 9.17) is 21.8 Å². The molecule has 0 aliphatic rings. The average Bonchev–Trinajstić information content (AvgIpc) is 2.03. The fraction of sp³-hybridized carbons (Fsp3) is 0.250. The standard InChI is InChI=1S/C8H9ClO2/c9-7-3-1-2-6(4-7)8(11)5-10/h1-4,8,10-11H,5H2. The third-order valence-electron chi connectivity index (χ3n) is 1.41. The van der Waals surface area contributed by atoms with Gasteiger partial charge in [0.2, 0.25) is 0 Å². The predicted octanol–water partition coefficient (Wildman–Crippen LogP) is 1.37. The van der Waals surface area contributed by atoms with Gasteiger partial charge in [0.1, 0.15) is 6.10 Å². The van der Waals surface area contributed by atoms with Crippen LogP contribution >= 0.6 is 11.6 Å². The van der Waals surface area contributed by atoms with Gasteiger partial charge < -0.3 is 10.2 Å². The molecule has 1 rings (SSSR count). The van der Waals surface area contributed by atoms with Gasteiger partial charge in [0, 0.05) is 5.02 Å². The van der Waals surface area contributed by atoms with E-state index >= 15 is 0 Å². The third kappa shape index (κ3) is 2.19. The summed E-state index contributed by atoms with van der Waals surface area (Å²) in [7, 11) is 0. The molecule has 2 nitrogen and oxygen atoms in total. The van der Waals surface area contributed by atoms with Crippen molar-refractivity contribution >= 4 is 11.6 Å². The maximum atomic E-state index is 9.15. The van der Waals surface area contributed by atoms with Crippen LogP contribution in [-0.2, 0) is 0 Å². The summed E-state index contributed by atoms with van der Waals surface area (Å²) in [6.45, 7) is -0.277. The van der Waals surface area contributed by atoms with Crippen molar-refractivity contribution < 1.29 is 10.2 Å². The quantitative estimate of drug-likeness (QED) is 0.708. The van der Waals surface area contributed by atoms with Crippen molar-refractivity contribution in [3.8, 4) is 0 Å². The Morgan fingerprint density at radius 1 is 1.45 bits per heavy atom. The molecule has 0 amide bonds. The molecule has 2 N–H and O–H groups in total. The van der Waals surface area contributed by atoms with Crippen LogP contribution in [0.4, 0.5) is 0 Å². The van der Waals surface area contributed by atoms with Crippen LogP contribution in [0.25, 0.3) is 0 Å². The van der Waals surface area contributed by atoms with Crippen LogP contribution in [0.2, 0.25) is 5.02 Å². The van der Waals surface area contributed by atoms with Crippen LogP contribution < -0.4 is 0 Å². The zero-order valence-corrected chi connectivity index (χ0v) is 6.62. The van der Waals surface area contributed by atoms with Gasteiger partial charge in [-0.1, -0.05) is 23.7 Å². The first-order valence-corrected chi connectivity index (χ1v) is 3.66. The number of benzene rings is 1. The molecule has 0 spiro atoms. The molecule has 0 aliphatic heterocycles. The number of hydrogen-bond acceptors (Lipinski definition) is 2. The Hall–Kier alpha value is -0.570. The molecular formula is C8H9ClO2. The maximum Gasteiger partial charge on any atom is 0.102 e. The summed E-state index contributed by atoms with van der Waals surface area (Å²) in [5.41, 5.74) is 0.639. The predicted molar refractivity (Wildman–Crippen MR) is 43.5 cm³/mol. The smallest absolute Gasteiger partial charge is 0.102 e. The van der Waals surface area contributed by atoms with Gasteiger partial charge in [0.15, 0.2) is 0 Å². The minimum Gasteiger partial charge on any atom is -0.393 e. The average molecular weight is 173 g/mol. The van der Waals surface area contributed by atoms with E-state index in [9.17, 15) is 0 Å². The van der Waals surface area contributed by atoms with Crippen molar-refractivity contribution in [3.05, 3.63) is 34.9 Å². The molecule has 60 valence electrons. The van der Waals surface area contributed by atoms with E-state index in [0.29, 0.717) is 10.6 Å². The topological polar surface area (TPSA) is 40.5 Å². The minimum absolute atomic E-state index is 0.277. The highest BCUT2D eigenvalue weighted by Crippen LogP contribution is 2.16. The zero-order chi connectivity index (χ0) is 8.27. The maximum absolute atomic E-state index is 9.15. The molecule has 3 heteroatoms. The molecule has 0 fully saturated rings. The van der Waals surface area contributed by atoms with Gasteiger partial charge >= 0.3 is 0 Å². The van der Waals surface area contributed by atoms with Crippen molar-refractivity contribution in [2.24, 2.45) is 0 Å². The molecule has 0 saturated heterocycles. The van der Waals surface area contributed by atoms with E-state index in [2.05, 4.69) is 0 Å². The SMILES string of the molecule is OCC(O)c1cccc(Cl)c1. The van der Waals surface area contributed by atoms with Gasteiger partial charge in [-0.3, -0.25) is 0 Å². The first-order valence-electron chi connectivity index (χ1n) is 3.28. The number of aliphatic hydroxyl groups is 2. The van der Waals surface area contributed by atoms with Crippen molar-refractivity contribution in [2.75, 3.05) is 6.61 Å². The van der Waals surface area contributed by atoms with Gasteiger partial charge in [-0.2, -0.15) is 0 Å². The van der Waals surface area contributed by atoms with Crippen molar-refractivity contribution in [3.63, 3.8) is 0 Å². The number of halogens is 1. The molecule has 0 heterocycles. The second kappa shape index (κ2) is 3.72. The number of hydrogen-bond donors (Lipinski definition) is 2. The summed E-state index contributed by atoms with van der Waals surface area (Å²) in [6, 6.07) is 6.79. The van der Waals surface area contributed by atoms with Gasteiger partial charge in [-0.25, -0.2) is 0 Å². The highest BCUT2D eigenvalue weighted by atomic mass is 35.5. The summed E-state index contributed by atoms with van der Waals surface area (Å²) in [6.07, 6.45) is -0.825. The van der Waals surface area contributed by atoms with Gasteiger partial charge in [-0.05, 0) is 17.7 Å². The monoisotopic (exact) mass is 172 g/mol. The summed E-state index contributed by atoms with van der Waals surface area (Å²) in [5, 5.41) is 18.3. The third-order valence-corrected chi connectivity index (χ3v) is 1.64. The summed E-state index contributed by atoms with van der Waals surface area (Å²) >= 11 is 5.65. The van der Waals surface area contributed by atoms with E-state index in [-0.39, 0.29) is 6.61 Å². The van der Waals surface area contributed by atoms with Gasteiger partial charge in [0.05, 0.1) is 6.61 Å². The molecule has 11 heavy (non-hydrogen) atoms. The minimum atomic E-state index is -0.825. The molecule has 1 aromatic carbocycles. The van der Waals surface area contributed by atoms with Crippen molar-refractivity contribution in [1.82, 2.24) is 0 Å². The molecule has 0 bridgehead atoms. The van der Waals surface area contributed by atoms with E-state index in [1.54, 1.807) is 24.3 Å². The van der Waals surface area contributed by atoms with E-state index in [1.165, 1.54) is 0 Å². The van der Waals surface area contributed by atoms with E-state index in [0.717, 1.165) is 0 Å². The second-order valence-corrected chi connectivity index (χ2v) is 2.69. The van der Waals surface area contributed by atoms with Gasteiger partial charge in [-0.15, -0.1) is 0 Å². The van der Waals surface area contributed by atoms with Crippen molar-refractivity contribution in [2.45, 2.75) is 6.10 Å².